The summed E-state index contributed by atoms with van der Waals surface area (Å²) in [6, 6.07) is 11.0. The Morgan fingerprint density at radius 2 is 2.10 bits per heavy atom. The summed E-state index contributed by atoms with van der Waals surface area (Å²) in [5.74, 6) is 1.28. The van der Waals surface area contributed by atoms with E-state index in [0.717, 1.165) is 5.56 Å². The number of hydrazone groups is 1. The van der Waals surface area contributed by atoms with Gasteiger partial charge in [-0.15, -0.1) is 11.7 Å². The molecule has 0 radical (unpaired) electrons. The van der Waals surface area contributed by atoms with Crippen LogP contribution in [0.4, 0.5) is 0 Å². The van der Waals surface area contributed by atoms with Crippen molar-refractivity contribution < 1.29 is 14.3 Å². The van der Waals surface area contributed by atoms with Gasteiger partial charge >= 0.3 is 0 Å². The van der Waals surface area contributed by atoms with Gasteiger partial charge in [0, 0.05) is 16.5 Å². The van der Waals surface area contributed by atoms with Gasteiger partial charge in [-0.3, -0.25) is 15.1 Å². The van der Waals surface area contributed by atoms with Gasteiger partial charge in [0.05, 0.1) is 24.6 Å². The van der Waals surface area contributed by atoms with Crippen molar-refractivity contribution in [2.24, 2.45) is 10.1 Å². The summed E-state index contributed by atoms with van der Waals surface area (Å²) in [5.41, 5.74) is 1.15. The molecule has 0 saturated heterocycles. The Balaban J connectivity index is 1.92. The van der Waals surface area contributed by atoms with Gasteiger partial charge in [0.2, 0.25) is 0 Å². The number of halogens is 1. The van der Waals surface area contributed by atoms with Crippen molar-refractivity contribution in [1.29, 1.82) is 0 Å². The van der Waals surface area contributed by atoms with E-state index in [9.17, 15) is 4.79 Å². The number of nitrogens with one attached hydrogen (secondary N) is 1. The molecule has 2 aromatic carbocycles. The molecule has 1 atom stereocenters. The van der Waals surface area contributed by atoms with Crippen LogP contribution in [0.25, 0.3) is 5.70 Å². The first-order chi connectivity index (χ1) is 14.6. The number of amides is 1. The summed E-state index contributed by atoms with van der Waals surface area (Å²) in [6.07, 6.45) is 1.15. The van der Waals surface area contributed by atoms with Crippen LogP contribution in [-0.2, 0) is 4.79 Å². The number of rotatable bonds is 5. The molecule has 1 amide bonds. The molecule has 0 unspecified atom stereocenters. The van der Waals surface area contributed by atoms with Gasteiger partial charge in [0.25, 0.3) is 5.91 Å². The predicted molar refractivity (Wildman–Crippen MR) is 118 cm³/mol. The van der Waals surface area contributed by atoms with Crippen LogP contribution in [0.3, 0.4) is 0 Å². The molecule has 2 aliphatic rings. The lowest BCUT2D eigenvalue weighted by Crippen LogP contribution is -2.50. The van der Waals surface area contributed by atoms with Gasteiger partial charge in [0.1, 0.15) is 5.70 Å². The number of fused-ring (bicyclic) bond motifs is 2. The highest BCUT2D eigenvalue weighted by molar-refractivity contribution is 8.14. The van der Waals surface area contributed by atoms with E-state index in [1.165, 1.54) is 18.9 Å². The molecule has 0 aliphatic carbocycles. The number of carbonyl (C=O) groups is 1. The molecular weight excluding hydrogens is 424 g/mol. The minimum atomic E-state index is -0.599. The maximum absolute atomic E-state index is 13.0. The summed E-state index contributed by atoms with van der Waals surface area (Å²) < 4.78 is 10.8. The number of carbonyl (C=O) groups excluding carboxylic acids is 1. The van der Waals surface area contributed by atoms with Gasteiger partial charge in [-0.2, -0.15) is 0 Å². The molecule has 30 heavy (non-hydrogen) atoms. The molecule has 2 aliphatic heterocycles. The Bertz CT molecular complexity index is 1180. The molecule has 2 aromatic rings. The number of nitrogens with zero attached hydrogens (tertiary/aromatic N) is 3. The quantitative estimate of drug-likeness (QED) is 0.720. The summed E-state index contributed by atoms with van der Waals surface area (Å²) in [5, 5.41) is 11.4. The van der Waals surface area contributed by atoms with Crippen LogP contribution >= 0.6 is 23.4 Å². The molecule has 0 saturated carbocycles. The van der Waals surface area contributed by atoms with Gasteiger partial charge in [-0.25, -0.2) is 5.01 Å². The minimum Gasteiger partial charge on any atom is -0.493 e. The van der Waals surface area contributed by atoms with E-state index in [-0.39, 0.29) is 5.91 Å². The molecule has 154 valence electrons. The van der Waals surface area contributed by atoms with Crippen LogP contribution in [0, 0.1) is 0 Å². The number of ether oxygens (including phenoxy) is 2. The second-order valence-electron chi connectivity index (χ2n) is 6.41. The van der Waals surface area contributed by atoms with Crippen LogP contribution in [-0.4, -0.2) is 36.1 Å². The molecule has 0 spiro atoms. The average Bonchev–Trinajstić information content (AvgIpc) is 2.76. The molecule has 1 N–H and O–H groups in total. The minimum absolute atomic E-state index is 0.240. The maximum Gasteiger partial charge on any atom is 0.276 e. The second-order valence-corrected chi connectivity index (χ2v) is 7.83. The first-order valence-corrected chi connectivity index (χ1v) is 10.4. The third kappa shape index (κ3) is 3.53. The SMILES string of the molecule is C=CCSC1=NN2C(=c3ccccc3=N[C@@H]2c2cc(Cl)c(OC)c(OC)c2)C(=O)N1. The van der Waals surface area contributed by atoms with E-state index < -0.39 is 6.17 Å². The van der Waals surface area contributed by atoms with Crippen LogP contribution in [0.1, 0.15) is 11.7 Å². The Hall–Kier alpha value is -2.97. The zero-order valence-electron chi connectivity index (χ0n) is 16.4. The Labute approximate surface area is 182 Å². The van der Waals surface area contributed by atoms with Crippen LogP contribution in [0.5, 0.6) is 11.5 Å². The number of methoxy groups -OCH3 is 2. The summed E-state index contributed by atoms with van der Waals surface area (Å²) in [6.45, 7) is 3.72. The number of hydrogen-bond acceptors (Lipinski definition) is 7. The largest absolute Gasteiger partial charge is 0.493 e. The van der Waals surface area contributed by atoms with Crippen molar-refractivity contribution in [3.8, 4) is 11.5 Å². The zero-order valence-corrected chi connectivity index (χ0v) is 18.0. The lowest BCUT2D eigenvalue weighted by molar-refractivity contribution is -0.116. The maximum atomic E-state index is 13.0. The standard InChI is InChI=1S/C21H19ClN4O3S/c1-4-9-30-21-24-20(27)17-13-7-5-6-8-15(13)23-19(26(17)25-21)12-10-14(22)18(29-3)16(11-12)28-2/h4-8,10-11,19H,1,9H2,2-3H3,(H,24,25,27)/t19-/m0/s1. The van der Waals surface area contributed by atoms with E-state index >= 15 is 0 Å². The Morgan fingerprint density at radius 3 is 2.83 bits per heavy atom. The van der Waals surface area contributed by atoms with Crippen LogP contribution in [0.2, 0.25) is 5.02 Å². The number of hydrogen-bond donors (Lipinski definition) is 1. The van der Waals surface area contributed by atoms with Crippen LogP contribution in [0.15, 0.2) is 59.1 Å². The van der Waals surface area contributed by atoms with Gasteiger partial charge < -0.3 is 9.47 Å². The molecule has 0 fully saturated rings. The predicted octanol–water partition coefficient (Wildman–Crippen LogP) is 2.42. The molecule has 0 bridgehead atoms. The highest BCUT2D eigenvalue weighted by Gasteiger charge is 2.35. The van der Waals surface area contributed by atoms with Crippen LogP contribution < -0.4 is 25.4 Å². The molecule has 2 heterocycles. The van der Waals surface area contributed by atoms with E-state index in [1.807, 2.05) is 24.3 Å². The zero-order chi connectivity index (χ0) is 21.3. The molecule has 4 rings (SSSR count). The first kappa shape index (κ1) is 20.3. The summed E-state index contributed by atoms with van der Waals surface area (Å²) in [7, 11) is 3.07. The van der Waals surface area contributed by atoms with Gasteiger partial charge in [-0.1, -0.05) is 47.6 Å². The second kappa shape index (κ2) is 8.41. The lowest BCUT2D eigenvalue weighted by Gasteiger charge is -2.34. The topological polar surface area (TPSA) is 75.5 Å². The van der Waals surface area contributed by atoms with Crippen molar-refractivity contribution >= 4 is 40.1 Å². The molecule has 0 aromatic heterocycles. The van der Waals surface area contributed by atoms with E-state index in [4.69, 9.17) is 26.1 Å². The Kier molecular flexibility index (Phi) is 5.69. The van der Waals surface area contributed by atoms with E-state index in [1.54, 1.807) is 30.3 Å². The molecule has 7 nitrogen and oxygen atoms in total. The third-order valence-electron chi connectivity index (χ3n) is 4.61. The number of thioether (sulfide) groups is 1. The third-order valence-corrected chi connectivity index (χ3v) is 5.75. The average molecular weight is 443 g/mol. The van der Waals surface area contributed by atoms with Gasteiger partial charge in [0.15, 0.2) is 22.8 Å². The summed E-state index contributed by atoms with van der Waals surface area (Å²) in [4.78, 5) is 17.9. The van der Waals surface area contributed by atoms with Crippen molar-refractivity contribution in [3.05, 3.63) is 70.2 Å². The number of amidine groups is 1. The summed E-state index contributed by atoms with van der Waals surface area (Å²) >= 11 is 7.82. The lowest BCUT2D eigenvalue weighted by atomic mass is 10.1. The molecular formula is C21H19ClN4O3S. The fourth-order valence-corrected chi connectivity index (χ4v) is 4.22. The molecule has 9 heteroatoms. The highest BCUT2D eigenvalue weighted by atomic mass is 35.5. The van der Waals surface area contributed by atoms with E-state index in [2.05, 4.69) is 17.0 Å². The van der Waals surface area contributed by atoms with Crippen molar-refractivity contribution in [3.63, 3.8) is 0 Å². The normalized spacial score (nSPS) is 17.2. The van der Waals surface area contributed by atoms with Gasteiger partial charge in [-0.05, 0) is 18.2 Å². The fourth-order valence-electron chi connectivity index (χ4n) is 3.33. The van der Waals surface area contributed by atoms with E-state index in [0.29, 0.717) is 43.7 Å². The smallest absolute Gasteiger partial charge is 0.276 e. The van der Waals surface area contributed by atoms with Crippen molar-refractivity contribution in [1.82, 2.24) is 10.3 Å². The van der Waals surface area contributed by atoms with Crippen molar-refractivity contribution in [2.45, 2.75) is 6.17 Å². The fraction of sp³-hybridized carbons (Fsp3) is 0.190. The first-order valence-electron chi connectivity index (χ1n) is 9.09. The monoisotopic (exact) mass is 442 g/mol. The number of benzene rings is 2. The highest BCUT2D eigenvalue weighted by Crippen LogP contribution is 2.40. The Morgan fingerprint density at radius 1 is 1.30 bits per heavy atom. The number of para-hydroxylation sites is 1. The van der Waals surface area contributed by atoms with Crippen molar-refractivity contribution in [2.75, 3.05) is 20.0 Å².